The lowest BCUT2D eigenvalue weighted by atomic mass is 9.52. The number of benzene rings is 2. The molecule has 0 aromatic heterocycles. The summed E-state index contributed by atoms with van der Waals surface area (Å²) >= 11 is 0. The Morgan fingerprint density at radius 2 is 1.50 bits per heavy atom. The lowest BCUT2D eigenvalue weighted by molar-refractivity contribution is -0.167. The van der Waals surface area contributed by atoms with Crippen LogP contribution in [0.4, 0.5) is 0 Å². The van der Waals surface area contributed by atoms with Gasteiger partial charge in [0.1, 0.15) is 0 Å². The fourth-order valence-electron chi connectivity index (χ4n) is 5.25. The molecule has 0 saturated carbocycles. The molecule has 4 aliphatic rings. The highest BCUT2D eigenvalue weighted by atomic mass is 16.6. The number of amides is 2. The van der Waals surface area contributed by atoms with Crippen LogP contribution in [0.3, 0.4) is 0 Å². The SMILES string of the molecule is CC(=O)OC12c3ccccc3C(c3ccccc31)[C@@H]1C(=O)N(C)C(=O)[C@@H]12. The summed E-state index contributed by atoms with van der Waals surface area (Å²) in [5.74, 6) is -2.43. The van der Waals surface area contributed by atoms with Crippen molar-refractivity contribution in [3.05, 3.63) is 70.8 Å². The van der Waals surface area contributed by atoms with Crippen LogP contribution in [0.1, 0.15) is 35.1 Å². The molecule has 1 aliphatic heterocycles. The van der Waals surface area contributed by atoms with Gasteiger partial charge in [-0.15, -0.1) is 0 Å². The molecule has 5 nitrogen and oxygen atoms in total. The minimum atomic E-state index is -1.25. The normalized spacial score (nSPS) is 30.7. The average molecular weight is 347 g/mol. The number of hydrogen-bond acceptors (Lipinski definition) is 4. The van der Waals surface area contributed by atoms with Crippen molar-refractivity contribution in [1.29, 1.82) is 0 Å². The van der Waals surface area contributed by atoms with Crippen molar-refractivity contribution in [3.63, 3.8) is 0 Å². The highest BCUT2D eigenvalue weighted by Crippen LogP contribution is 2.64. The molecule has 6 rings (SSSR count). The van der Waals surface area contributed by atoms with E-state index in [9.17, 15) is 14.4 Å². The Morgan fingerprint density at radius 1 is 0.962 bits per heavy atom. The number of carbonyl (C=O) groups is 3. The monoisotopic (exact) mass is 347 g/mol. The van der Waals surface area contributed by atoms with Crippen molar-refractivity contribution in [3.8, 4) is 0 Å². The summed E-state index contributed by atoms with van der Waals surface area (Å²) < 4.78 is 5.96. The molecule has 1 heterocycles. The lowest BCUT2D eigenvalue weighted by Gasteiger charge is -2.52. The van der Waals surface area contributed by atoms with E-state index in [1.165, 1.54) is 18.9 Å². The number of imide groups is 1. The molecule has 0 radical (unpaired) electrons. The molecule has 1 fully saturated rings. The summed E-state index contributed by atoms with van der Waals surface area (Å²) in [6.07, 6.45) is 0. The molecule has 2 amide bonds. The first-order valence-corrected chi connectivity index (χ1v) is 8.68. The van der Waals surface area contributed by atoms with Gasteiger partial charge in [-0.25, -0.2) is 0 Å². The fraction of sp³-hybridized carbons (Fsp3) is 0.286. The third-order valence-corrected chi connectivity index (χ3v) is 6.07. The molecule has 2 aromatic rings. The highest BCUT2D eigenvalue weighted by Gasteiger charge is 2.69. The molecule has 130 valence electrons. The second kappa shape index (κ2) is 4.81. The van der Waals surface area contributed by atoms with Crippen molar-refractivity contribution in [1.82, 2.24) is 4.90 Å². The number of nitrogens with zero attached hydrogens (tertiary/aromatic N) is 1. The second-order valence-corrected chi connectivity index (χ2v) is 7.22. The van der Waals surface area contributed by atoms with E-state index in [1.807, 2.05) is 48.5 Å². The predicted molar refractivity (Wildman–Crippen MR) is 92.0 cm³/mol. The Labute approximate surface area is 150 Å². The number of carbonyl (C=O) groups excluding carboxylic acids is 3. The molecule has 0 N–H and O–H groups in total. The van der Waals surface area contributed by atoms with Gasteiger partial charge < -0.3 is 4.74 Å². The Morgan fingerprint density at radius 3 is 2.04 bits per heavy atom. The topological polar surface area (TPSA) is 63.7 Å². The van der Waals surface area contributed by atoms with Gasteiger partial charge in [0.2, 0.25) is 11.8 Å². The largest absolute Gasteiger partial charge is 0.448 e. The Bertz CT molecular complexity index is 948. The van der Waals surface area contributed by atoms with E-state index in [1.54, 1.807) is 0 Å². The van der Waals surface area contributed by atoms with E-state index in [0.29, 0.717) is 0 Å². The molecular formula is C21H17NO4. The molecule has 26 heavy (non-hydrogen) atoms. The molecule has 2 atom stereocenters. The van der Waals surface area contributed by atoms with E-state index in [2.05, 4.69) is 0 Å². The molecule has 5 heteroatoms. The van der Waals surface area contributed by atoms with Crippen LogP contribution in [0.2, 0.25) is 0 Å². The van der Waals surface area contributed by atoms with Gasteiger partial charge in [0.15, 0.2) is 5.60 Å². The first-order chi connectivity index (χ1) is 12.5. The number of ether oxygens (including phenoxy) is 1. The first kappa shape index (κ1) is 15.3. The van der Waals surface area contributed by atoms with Crippen molar-refractivity contribution >= 4 is 17.8 Å². The van der Waals surface area contributed by atoms with Crippen LogP contribution in [-0.2, 0) is 24.7 Å². The van der Waals surface area contributed by atoms with Gasteiger partial charge in [-0.3, -0.25) is 19.3 Å². The smallest absolute Gasteiger partial charge is 0.303 e. The van der Waals surface area contributed by atoms with Gasteiger partial charge in [0.05, 0.1) is 11.8 Å². The second-order valence-electron chi connectivity index (χ2n) is 7.22. The van der Waals surface area contributed by atoms with E-state index in [0.717, 1.165) is 22.3 Å². The van der Waals surface area contributed by atoms with Gasteiger partial charge in [0, 0.05) is 31.0 Å². The fourth-order valence-corrected chi connectivity index (χ4v) is 5.25. The van der Waals surface area contributed by atoms with E-state index in [-0.39, 0.29) is 17.7 Å². The summed E-state index contributed by atoms with van der Waals surface area (Å²) in [6, 6.07) is 15.4. The number of likely N-dealkylation sites (tertiary alicyclic amines) is 1. The van der Waals surface area contributed by atoms with Crippen molar-refractivity contribution in [2.45, 2.75) is 18.4 Å². The van der Waals surface area contributed by atoms with Gasteiger partial charge >= 0.3 is 5.97 Å². The molecule has 3 aliphatic carbocycles. The van der Waals surface area contributed by atoms with Gasteiger partial charge in [-0.1, -0.05) is 48.5 Å². The van der Waals surface area contributed by atoms with Crippen LogP contribution in [0.15, 0.2) is 48.5 Å². The van der Waals surface area contributed by atoms with Crippen LogP contribution in [0.5, 0.6) is 0 Å². The Kier molecular flexibility index (Phi) is 2.84. The summed E-state index contributed by atoms with van der Waals surface area (Å²) in [5.41, 5.74) is 2.30. The summed E-state index contributed by atoms with van der Waals surface area (Å²) in [6.45, 7) is 1.35. The quantitative estimate of drug-likeness (QED) is 0.586. The minimum absolute atomic E-state index is 0.203. The maximum atomic E-state index is 13.1. The summed E-state index contributed by atoms with van der Waals surface area (Å²) in [7, 11) is 1.51. The van der Waals surface area contributed by atoms with Crippen LogP contribution >= 0.6 is 0 Å². The lowest BCUT2D eigenvalue weighted by Crippen LogP contribution is -2.55. The molecule has 2 bridgehead atoms. The first-order valence-electron chi connectivity index (χ1n) is 8.68. The highest BCUT2D eigenvalue weighted by molar-refractivity contribution is 6.08. The van der Waals surface area contributed by atoms with Crippen molar-refractivity contribution in [2.24, 2.45) is 11.8 Å². The Hall–Kier alpha value is -2.95. The van der Waals surface area contributed by atoms with Crippen LogP contribution in [-0.4, -0.2) is 29.7 Å². The van der Waals surface area contributed by atoms with Gasteiger partial charge in [-0.2, -0.15) is 0 Å². The summed E-state index contributed by atoms with van der Waals surface area (Å²) in [4.78, 5) is 39.3. The minimum Gasteiger partial charge on any atom is -0.448 e. The number of esters is 1. The maximum Gasteiger partial charge on any atom is 0.303 e. The van der Waals surface area contributed by atoms with Crippen LogP contribution < -0.4 is 0 Å². The van der Waals surface area contributed by atoms with Crippen LogP contribution in [0, 0.1) is 11.8 Å². The van der Waals surface area contributed by atoms with Crippen molar-refractivity contribution in [2.75, 3.05) is 7.05 Å². The van der Waals surface area contributed by atoms with Gasteiger partial charge in [0.25, 0.3) is 0 Å². The molecule has 0 unspecified atom stereocenters. The molecule has 0 spiro atoms. The maximum absolute atomic E-state index is 13.1. The standard InChI is InChI=1S/C21H17NO4/c1-11(23)26-21-14-9-5-3-7-12(14)16(13-8-4-6-10-15(13)21)17-18(21)20(25)22(2)19(17)24/h3-10,16-18H,1-2H3/t16?,17-,18+,21?/m0/s1. The zero-order chi connectivity index (χ0) is 18.2. The van der Waals surface area contributed by atoms with E-state index >= 15 is 0 Å². The third kappa shape index (κ3) is 1.54. The zero-order valence-corrected chi connectivity index (χ0v) is 14.4. The number of hydrogen-bond donors (Lipinski definition) is 0. The molecule has 1 saturated heterocycles. The van der Waals surface area contributed by atoms with Crippen LogP contribution in [0.25, 0.3) is 0 Å². The zero-order valence-electron chi connectivity index (χ0n) is 14.4. The molecular weight excluding hydrogens is 330 g/mol. The predicted octanol–water partition coefficient (Wildman–Crippen LogP) is 2.18. The number of rotatable bonds is 1. The van der Waals surface area contributed by atoms with E-state index in [4.69, 9.17) is 4.74 Å². The average Bonchev–Trinajstić information content (AvgIpc) is 2.87. The summed E-state index contributed by atoms with van der Waals surface area (Å²) in [5, 5.41) is 0. The van der Waals surface area contributed by atoms with Gasteiger partial charge in [-0.05, 0) is 11.1 Å². The Balaban J connectivity index is 1.93. The van der Waals surface area contributed by atoms with E-state index < -0.39 is 23.4 Å². The molecule has 2 aromatic carbocycles. The van der Waals surface area contributed by atoms with Crippen molar-refractivity contribution < 1.29 is 19.1 Å². The third-order valence-electron chi connectivity index (χ3n) is 6.07.